The number of nitrogens with zero attached hydrogens (tertiary/aromatic N) is 2. The second-order valence-corrected chi connectivity index (χ2v) is 6.64. The molecule has 124 valence electrons. The van der Waals surface area contributed by atoms with Crippen LogP contribution < -0.4 is 4.90 Å². The predicted octanol–water partition coefficient (Wildman–Crippen LogP) is 1.85. The van der Waals surface area contributed by atoms with E-state index < -0.39 is 0 Å². The van der Waals surface area contributed by atoms with Gasteiger partial charge in [0.15, 0.2) is 0 Å². The Morgan fingerprint density at radius 1 is 1.35 bits per heavy atom. The lowest BCUT2D eigenvalue weighted by Crippen LogP contribution is -2.42. The average molecular weight is 316 g/mol. The first-order valence-corrected chi connectivity index (χ1v) is 8.22. The van der Waals surface area contributed by atoms with Crippen molar-refractivity contribution >= 4 is 17.5 Å². The Bertz CT molecular complexity index is 616. The van der Waals surface area contributed by atoms with Crippen LogP contribution in [0.25, 0.3) is 0 Å². The molecule has 1 fully saturated rings. The highest BCUT2D eigenvalue weighted by Crippen LogP contribution is 2.34. The summed E-state index contributed by atoms with van der Waals surface area (Å²) in [5.41, 5.74) is 2.21. The molecular weight excluding hydrogens is 292 g/mol. The molecule has 1 saturated heterocycles. The molecule has 0 aromatic heterocycles. The second-order valence-electron chi connectivity index (χ2n) is 6.64. The fourth-order valence-electron chi connectivity index (χ4n) is 3.75. The summed E-state index contributed by atoms with van der Waals surface area (Å²) in [5, 5.41) is 0. The second kappa shape index (κ2) is 6.32. The molecule has 0 aliphatic carbocycles. The molecule has 0 saturated carbocycles. The number of methoxy groups -OCH3 is 1. The van der Waals surface area contributed by atoms with E-state index in [0.717, 1.165) is 12.1 Å². The van der Waals surface area contributed by atoms with Gasteiger partial charge in [-0.3, -0.25) is 9.59 Å². The average Bonchev–Trinajstić information content (AvgIpc) is 3.06. The van der Waals surface area contributed by atoms with Crippen LogP contribution in [-0.2, 0) is 20.7 Å². The normalized spacial score (nSPS) is 24.9. The van der Waals surface area contributed by atoms with Crippen molar-refractivity contribution < 1.29 is 14.3 Å². The minimum absolute atomic E-state index is 0.00795. The summed E-state index contributed by atoms with van der Waals surface area (Å²) in [6.45, 7) is 5.02. The van der Waals surface area contributed by atoms with Crippen LogP contribution in [0.15, 0.2) is 24.3 Å². The van der Waals surface area contributed by atoms with E-state index in [1.165, 1.54) is 5.56 Å². The standard InChI is InChI=1S/C18H24N2O3/c1-12-8-14-6-4-5-7-16(14)20(12)18(22)15-9-17(21)19(10-15)13(2)11-23-3/h4-7,12-13,15H,8-11H2,1-3H3/t12-,13+,15+/m0/s1. The van der Waals surface area contributed by atoms with Crippen LogP contribution >= 0.6 is 0 Å². The van der Waals surface area contributed by atoms with Crippen LogP contribution in [0, 0.1) is 5.92 Å². The molecule has 5 nitrogen and oxygen atoms in total. The lowest BCUT2D eigenvalue weighted by atomic mass is 10.1. The van der Waals surface area contributed by atoms with Gasteiger partial charge in [-0.2, -0.15) is 0 Å². The number of hydrogen-bond donors (Lipinski definition) is 0. The first kappa shape index (κ1) is 16.0. The van der Waals surface area contributed by atoms with Gasteiger partial charge in [-0.05, 0) is 31.9 Å². The van der Waals surface area contributed by atoms with Crippen LogP contribution in [0.5, 0.6) is 0 Å². The lowest BCUT2D eigenvalue weighted by Gasteiger charge is -2.27. The van der Waals surface area contributed by atoms with Gasteiger partial charge in [0, 0.05) is 31.8 Å². The van der Waals surface area contributed by atoms with Gasteiger partial charge in [-0.25, -0.2) is 0 Å². The molecule has 0 unspecified atom stereocenters. The van der Waals surface area contributed by atoms with Gasteiger partial charge in [-0.1, -0.05) is 18.2 Å². The van der Waals surface area contributed by atoms with E-state index in [1.807, 2.05) is 30.0 Å². The number of hydrogen-bond acceptors (Lipinski definition) is 3. The Balaban J connectivity index is 1.76. The third-order valence-corrected chi connectivity index (χ3v) is 4.89. The van der Waals surface area contributed by atoms with Crippen LogP contribution in [0.3, 0.4) is 0 Å². The molecule has 1 aromatic carbocycles. The molecule has 23 heavy (non-hydrogen) atoms. The van der Waals surface area contributed by atoms with Gasteiger partial charge in [0.1, 0.15) is 0 Å². The number of likely N-dealkylation sites (tertiary alicyclic amines) is 1. The summed E-state index contributed by atoms with van der Waals surface area (Å²) in [5.74, 6) is -0.133. The van der Waals surface area contributed by atoms with Crippen molar-refractivity contribution in [3.63, 3.8) is 0 Å². The van der Waals surface area contributed by atoms with Crippen LogP contribution in [-0.4, -0.2) is 49.1 Å². The maximum Gasteiger partial charge on any atom is 0.232 e. The fraction of sp³-hybridized carbons (Fsp3) is 0.556. The number of ether oxygens (including phenoxy) is 1. The zero-order valence-electron chi connectivity index (χ0n) is 14.0. The predicted molar refractivity (Wildman–Crippen MR) is 88.3 cm³/mol. The molecule has 2 aliphatic rings. The van der Waals surface area contributed by atoms with Crippen LogP contribution in [0.1, 0.15) is 25.8 Å². The van der Waals surface area contributed by atoms with Crippen LogP contribution in [0.4, 0.5) is 5.69 Å². The molecular formula is C18H24N2O3. The molecule has 2 amide bonds. The quantitative estimate of drug-likeness (QED) is 0.852. The summed E-state index contributed by atoms with van der Waals surface area (Å²) in [6, 6.07) is 8.20. The third-order valence-electron chi connectivity index (χ3n) is 4.89. The van der Waals surface area contributed by atoms with Gasteiger partial charge < -0.3 is 14.5 Å². The summed E-state index contributed by atoms with van der Waals surface area (Å²) in [4.78, 5) is 28.9. The molecule has 3 atom stereocenters. The summed E-state index contributed by atoms with van der Waals surface area (Å²) in [7, 11) is 1.63. The largest absolute Gasteiger partial charge is 0.383 e. The summed E-state index contributed by atoms with van der Waals surface area (Å²) >= 11 is 0. The molecule has 1 aromatic rings. The first-order chi connectivity index (χ1) is 11.0. The first-order valence-electron chi connectivity index (χ1n) is 8.22. The number of carbonyl (C=O) groups excluding carboxylic acids is 2. The van der Waals surface area contributed by atoms with Crippen molar-refractivity contribution in [2.24, 2.45) is 5.92 Å². The van der Waals surface area contributed by atoms with Gasteiger partial charge >= 0.3 is 0 Å². The molecule has 3 rings (SSSR count). The maximum absolute atomic E-state index is 13.0. The molecule has 0 N–H and O–H groups in total. The van der Waals surface area contributed by atoms with E-state index in [0.29, 0.717) is 19.6 Å². The van der Waals surface area contributed by atoms with Crippen molar-refractivity contribution in [2.45, 2.75) is 38.8 Å². The monoisotopic (exact) mass is 316 g/mol. The Kier molecular flexibility index (Phi) is 4.39. The topological polar surface area (TPSA) is 49.9 Å². The van der Waals surface area contributed by atoms with E-state index in [2.05, 4.69) is 13.0 Å². The Labute approximate surface area is 137 Å². The minimum Gasteiger partial charge on any atom is -0.383 e. The van der Waals surface area contributed by atoms with Crippen molar-refractivity contribution in [3.8, 4) is 0 Å². The molecule has 5 heteroatoms. The van der Waals surface area contributed by atoms with Gasteiger partial charge in [0.25, 0.3) is 0 Å². The number of benzene rings is 1. The molecule has 0 radical (unpaired) electrons. The third kappa shape index (κ3) is 2.85. The van der Waals surface area contributed by atoms with E-state index in [4.69, 9.17) is 4.74 Å². The van der Waals surface area contributed by atoms with Crippen molar-refractivity contribution in [2.75, 3.05) is 25.2 Å². The van der Waals surface area contributed by atoms with Gasteiger partial charge in [0.2, 0.25) is 11.8 Å². The van der Waals surface area contributed by atoms with E-state index in [9.17, 15) is 9.59 Å². The minimum atomic E-state index is -0.254. The number of amides is 2. The van der Waals surface area contributed by atoms with E-state index in [-0.39, 0.29) is 29.8 Å². The Morgan fingerprint density at radius 2 is 2.09 bits per heavy atom. The highest BCUT2D eigenvalue weighted by Gasteiger charge is 2.41. The molecule has 0 spiro atoms. The zero-order chi connectivity index (χ0) is 16.6. The van der Waals surface area contributed by atoms with Crippen molar-refractivity contribution in [3.05, 3.63) is 29.8 Å². The lowest BCUT2D eigenvalue weighted by molar-refractivity contribution is -0.130. The number of anilines is 1. The van der Waals surface area contributed by atoms with E-state index in [1.54, 1.807) is 12.0 Å². The molecule has 0 bridgehead atoms. The Morgan fingerprint density at radius 3 is 2.83 bits per heavy atom. The van der Waals surface area contributed by atoms with Gasteiger partial charge in [-0.15, -0.1) is 0 Å². The summed E-state index contributed by atoms with van der Waals surface area (Å²) < 4.78 is 5.13. The smallest absolute Gasteiger partial charge is 0.232 e. The highest BCUT2D eigenvalue weighted by atomic mass is 16.5. The van der Waals surface area contributed by atoms with Crippen molar-refractivity contribution in [1.29, 1.82) is 0 Å². The highest BCUT2D eigenvalue weighted by molar-refractivity contribution is 6.01. The fourth-order valence-corrected chi connectivity index (χ4v) is 3.75. The van der Waals surface area contributed by atoms with Crippen molar-refractivity contribution in [1.82, 2.24) is 4.90 Å². The van der Waals surface area contributed by atoms with Crippen LogP contribution in [0.2, 0.25) is 0 Å². The number of rotatable bonds is 4. The number of para-hydroxylation sites is 1. The molecule has 2 aliphatic heterocycles. The Hall–Kier alpha value is -1.88. The van der Waals surface area contributed by atoms with E-state index >= 15 is 0 Å². The molecule has 2 heterocycles. The SMILES string of the molecule is COC[C@@H](C)N1C[C@H](C(=O)N2c3ccccc3C[C@@H]2C)CC1=O. The van der Waals surface area contributed by atoms with Gasteiger partial charge in [0.05, 0.1) is 18.6 Å². The number of fused-ring (bicyclic) bond motifs is 1. The summed E-state index contributed by atoms with van der Waals surface area (Å²) in [6.07, 6.45) is 1.19. The number of carbonyl (C=O) groups is 2. The zero-order valence-corrected chi connectivity index (χ0v) is 14.0. The maximum atomic E-state index is 13.0.